The lowest BCUT2D eigenvalue weighted by molar-refractivity contribution is 0.390. The quantitative estimate of drug-likeness (QED) is 0.723. The topological polar surface area (TPSA) is 111 Å². The molecular weight excluding hydrogens is 332 g/mol. The van der Waals surface area contributed by atoms with Crippen molar-refractivity contribution >= 4 is 10.0 Å². The second kappa shape index (κ2) is 6.54. The van der Waals surface area contributed by atoms with Gasteiger partial charge in [-0.2, -0.15) is 4.98 Å². The van der Waals surface area contributed by atoms with Gasteiger partial charge in [0.1, 0.15) is 10.6 Å². The largest absolute Gasteiger partial charge is 0.360 e. The van der Waals surface area contributed by atoms with Crippen LogP contribution < -0.4 is 4.72 Å². The predicted octanol–water partition coefficient (Wildman–Crippen LogP) is 1.86. The van der Waals surface area contributed by atoms with E-state index in [2.05, 4.69) is 20.0 Å². The number of rotatable bonds is 6. The molecule has 3 rings (SSSR count). The molecule has 0 spiro atoms. The number of nitrogens with one attached hydrogen (secondary N) is 1. The van der Waals surface area contributed by atoms with Crippen LogP contribution in [0.15, 0.2) is 44.3 Å². The predicted molar refractivity (Wildman–Crippen MR) is 84.6 cm³/mol. The molecule has 126 valence electrons. The van der Waals surface area contributed by atoms with Crippen LogP contribution in [0.4, 0.5) is 0 Å². The standard InChI is InChI=1S/C15H16N4O4S/c1-10-14(11(2)22-18-10)24(20,21)16-9-8-13-17-15(23-19-13)12-6-4-3-5-7-12/h3-7,16H,8-9H2,1-2H3. The maximum absolute atomic E-state index is 12.3. The molecule has 0 aliphatic carbocycles. The lowest BCUT2D eigenvalue weighted by Gasteiger charge is -2.04. The highest BCUT2D eigenvalue weighted by Crippen LogP contribution is 2.19. The van der Waals surface area contributed by atoms with E-state index in [1.165, 1.54) is 0 Å². The maximum Gasteiger partial charge on any atom is 0.257 e. The van der Waals surface area contributed by atoms with Gasteiger partial charge in [0.2, 0.25) is 10.0 Å². The Morgan fingerprint density at radius 2 is 1.83 bits per heavy atom. The Kier molecular flexibility index (Phi) is 4.45. The van der Waals surface area contributed by atoms with Gasteiger partial charge in [-0.3, -0.25) is 0 Å². The molecule has 0 amide bonds. The lowest BCUT2D eigenvalue weighted by atomic mass is 10.2. The van der Waals surface area contributed by atoms with Crippen molar-refractivity contribution in [2.24, 2.45) is 0 Å². The molecule has 0 atom stereocenters. The van der Waals surface area contributed by atoms with Gasteiger partial charge in [-0.15, -0.1) is 0 Å². The van der Waals surface area contributed by atoms with E-state index < -0.39 is 10.0 Å². The van der Waals surface area contributed by atoms with Gasteiger partial charge in [0.05, 0.1) is 0 Å². The Hall–Kier alpha value is -2.52. The number of benzene rings is 1. The third kappa shape index (κ3) is 3.36. The van der Waals surface area contributed by atoms with E-state index in [0.29, 0.717) is 23.8 Å². The number of aryl methyl sites for hydroxylation is 2. The molecule has 2 heterocycles. The molecule has 0 unspecified atom stereocenters. The van der Waals surface area contributed by atoms with Crippen molar-refractivity contribution in [2.45, 2.75) is 25.2 Å². The third-order valence-electron chi connectivity index (χ3n) is 3.37. The van der Waals surface area contributed by atoms with Crippen molar-refractivity contribution in [2.75, 3.05) is 6.54 Å². The van der Waals surface area contributed by atoms with Crippen LogP contribution in [0.3, 0.4) is 0 Å². The monoisotopic (exact) mass is 348 g/mol. The zero-order chi connectivity index (χ0) is 17.2. The van der Waals surface area contributed by atoms with Gasteiger partial charge in [-0.1, -0.05) is 28.5 Å². The van der Waals surface area contributed by atoms with Gasteiger partial charge in [-0.25, -0.2) is 13.1 Å². The van der Waals surface area contributed by atoms with E-state index >= 15 is 0 Å². The molecule has 1 N–H and O–H groups in total. The minimum absolute atomic E-state index is 0.0700. The van der Waals surface area contributed by atoms with Gasteiger partial charge in [-0.05, 0) is 26.0 Å². The molecular formula is C15H16N4O4S. The van der Waals surface area contributed by atoms with Crippen LogP contribution in [0.2, 0.25) is 0 Å². The van der Waals surface area contributed by atoms with Gasteiger partial charge in [0.15, 0.2) is 11.6 Å². The molecule has 0 saturated heterocycles. The Bertz CT molecular complexity index is 912. The van der Waals surface area contributed by atoms with Crippen LogP contribution in [0.5, 0.6) is 0 Å². The highest BCUT2D eigenvalue weighted by atomic mass is 32.2. The molecule has 1 aromatic carbocycles. The molecule has 0 bridgehead atoms. The highest BCUT2D eigenvalue weighted by Gasteiger charge is 2.23. The number of hydrogen-bond acceptors (Lipinski definition) is 7. The van der Waals surface area contributed by atoms with Crippen LogP contribution in [-0.2, 0) is 16.4 Å². The first-order chi connectivity index (χ1) is 11.5. The molecule has 0 radical (unpaired) electrons. The molecule has 0 fully saturated rings. The van der Waals surface area contributed by atoms with Gasteiger partial charge in [0.25, 0.3) is 5.89 Å². The van der Waals surface area contributed by atoms with E-state index in [-0.39, 0.29) is 17.2 Å². The number of aromatic nitrogens is 3. The molecule has 9 heteroatoms. The number of nitrogens with zero attached hydrogens (tertiary/aromatic N) is 3. The van der Waals surface area contributed by atoms with Crippen molar-refractivity contribution in [3.63, 3.8) is 0 Å². The minimum atomic E-state index is -3.69. The van der Waals surface area contributed by atoms with Crippen LogP contribution in [0.25, 0.3) is 11.5 Å². The molecule has 8 nitrogen and oxygen atoms in total. The van der Waals surface area contributed by atoms with E-state index in [9.17, 15) is 8.42 Å². The second-order valence-corrected chi connectivity index (χ2v) is 6.89. The Balaban J connectivity index is 1.64. The highest BCUT2D eigenvalue weighted by molar-refractivity contribution is 7.89. The summed E-state index contributed by atoms with van der Waals surface area (Å²) in [7, 11) is -3.69. The first-order valence-corrected chi connectivity index (χ1v) is 8.76. The summed E-state index contributed by atoms with van der Waals surface area (Å²) in [5.74, 6) is 1.08. The number of hydrogen-bond donors (Lipinski definition) is 1. The van der Waals surface area contributed by atoms with E-state index in [1.54, 1.807) is 13.8 Å². The molecule has 24 heavy (non-hydrogen) atoms. The van der Waals surface area contributed by atoms with Crippen molar-refractivity contribution in [3.05, 3.63) is 47.6 Å². The van der Waals surface area contributed by atoms with Crippen molar-refractivity contribution in [3.8, 4) is 11.5 Å². The van der Waals surface area contributed by atoms with Crippen LogP contribution >= 0.6 is 0 Å². The zero-order valence-corrected chi connectivity index (χ0v) is 14.0. The summed E-state index contributed by atoms with van der Waals surface area (Å²) in [6.45, 7) is 3.27. The van der Waals surface area contributed by atoms with Gasteiger partial charge < -0.3 is 9.05 Å². The summed E-state index contributed by atoms with van der Waals surface area (Å²) in [6, 6.07) is 9.35. The normalized spacial score (nSPS) is 11.8. The average molecular weight is 348 g/mol. The van der Waals surface area contributed by atoms with Crippen LogP contribution in [-0.4, -0.2) is 30.3 Å². The Morgan fingerprint density at radius 3 is 2.50 bits per heavy atom. The van der Waals surface area contributed by atoms with E-state index in [0.717, 1.165) is 5.56 Å². The molecule has 0 saturated carbocycles. The first-order valence-electron chi connectivity index (χ1n) is 7.28. The fraction of sp³-hybridized carbons (Fsp3) is 0.267. The molecule has 0 aliphatic rings. The van der Waals surface area contributed by atoms with Crippen molar-refractivity contribution in [1.82, 2.24) is 20.0 Å². The lowest BCUT2D eigenvalue weighted by Crippen LogP contribution is -2.27. The maximum atomic E-state index is 12.3. The fourth-order valence-corrected chi connectivity index (χ4v) is 3.64. The minimum Gasteiger partial charge on any atom is -0.360 e. The second-order valence-electron chi connectivity index (χ2n) is 5.18. The number of sulfonamides is 1. The van der Waals surface area contributed by atoms with Crippen LogP contribution in [0.1, 0.15) is 17.3 Å². The summed E-state index contributed by atoms with van der Waals surface area (Å²) in [5.41, 5.74) is 1.14. The first kappa shape index (κ1) is 16.3. The smallest absolute Gasteiger partial charge is 0.257 e. The average Bonchev–Trinajstić information content (AvgIpc) is 3.15. The Morgan fingerprint density at radius 1 is 1.08 bits per heavy atom. The summed E-state index contributed by atoms with van der Waals surface area (Å²) in [4.78, 5) is 4.32. The van der Waals surface area contributed by atoms with Gasteiger partial charge in [0, 0.05) is 18.5 Å². The summed E-state index contributed by atoms with van der Waals surface area (Å²) in [6.07, 6.45) is 0.305. The van der Waals surface area contributed by atoms with E-state index in [4.69, 9.17) is 9.05 Å². The SMILES string of the molecule is Cc1noc(C)c1S(=O)(=O)NCCc1noc(-c2ccccc2)n1. The van der Waals surface area contributed by atoms with Crippen molar-refractivity contribution < 1.29 is 17.5 Å². The summed E-state index contributed by atoms with van der Waals surface area (Å²) < 4.78 is 37.1. The van der Waals surface area contributed by atoms with Crippen LogP contribution in [0, 0.1) is 13.8 Å². The van der Waals surface area contributed by atoms with Gasteiger partial charge >= 0.3 is 0 Å². The van der Waals surface area contributed by atoms with E-state index in [1.807, 2.05) is 30.3 Å². The molecule has 2 aromatic heterocycles. The summed E-state index contributed by atoms with van der Waals surface area (Å²) in [5, 5.41) is 7.51. The molecule has 0 aliphatic heterocycles. The third-order valence-corrected chi connectivity index (χ3v) is 5.07. The zero-order valence-electron chi connectivity index (χ0n) is 13.2. The fourth-order valence-electron chi connectivity index (χ4n) is 2.28. The molecule has 3 aromatic rings. The van der Waals surface area contributed by atoms with Crippen molar-refractivity contribution in [1.29, 1.82) is 0 Å². The summed E-state index contributed by atoms with van der Waals surface area (Å²) >= 11 is 0. The Labute approximate surface area is 138 Å².